The first-order valence-corrected chi connectivity index (χ1v) is 13.8. The summed E-state index contributed by atoms with van der Waals surface area (Å²) in [5.74, 6) is 1.04. The molecule has 5 heteroatoms. The van der Waals surface area contributed by atoms with E-state index in [1.165, 1.54) is 24.8 Å². The van der Waals surface area contributed by atoms with Crippen molar-refractivity contribution in [3.63, 3.8) is 0 Å². The van der Waals surface area contributed by atoms with Gasteiger partial charge >= 0.3 is 5.97 Å². The second-order valence-corrected chi connectivity index (χ2v) is 12.2. The molecule has 7 atom stereocenters. The quantitative estimate of drug-likeness (QED) is 0.310. The van der Waals surface area contributed by atoms with Crippen LogP contribution in [-0.4, -0.2) is 46.2 Å². The highest BCUT2D eigenvalue weighted by Gasteiger charge is 2.50. The summed E-state index contributed by atoms with van der Waals surface area (Å²) in [5.41, 5.74) is 1.91. The Hall–Kier alpha value is -1.43. The number of carbonyl (C=O) groups is 1. The van der Waals surface area contributed by atoms with Crippen molar-refractivity contribution in [1.82, 2.24) is 0 Å². The molecular weight excluding hydrogens is 440 g/mol. The van der Waals surface area contributed by atoms with Crippen LogP contribution in [0.25, 0.3) is 0 Å². The van der Waals surface area contributed by atoms with Crippen molar-refractivity contribution in [2.75, 3.05) is 6.61 Å². The normalized spacial score (nSPS) is 34.6. The van der Waals surface area contributed by atoms with Gasteiger partial charge < -0.3 is 20.1 Å². The minimum absolute atomic E-state index is 0.221. The van der Waals surface area contributed by atoms with Crippen molar-refractivity contribution in [3.8, 4) is 0 Å². The first kappa shape index (κ1) is 28.1. The van der Waals surface area contributed by atoms with E-state index in [1.54, 1.807) is 19.9 Å². The second kappa shape index (κ2) is 11.7. The number of fused-ring (bicyclic) bond motifs is 1. The molecule has 0 radical (unpaired) electrons. The lowest BCUT2D eigenvalue weighted by Gasteiger charge is -2.44. The molecule has 3 aliphatic carbocycles. The van der Waals surface area contributed by atoms with Crippen molar-refractivity contribution in [1.29, 1.82) is 0 Å². The number of rotatable bonds is 8. The largest absolute Gasteiger partial charge is 0.465 e. The summed E-state index contributed by atoms with van der Waals surface area (Å²) in [6.07, 6.45) is 15.1. The molecule has 0 bridgehead atoms. The third-order valence-corrected chi connectivity index (χ3v) is 9.05. The Bertz CT molecular complexity index is 813. The highest BCUT2D eigenvalue weighted by molar-refractivity contribution is 5.77. The van der Waals surface area contributed by atoms with Crippen molar-refractivity contribution in [3.05, 3.63) is 35.5 Å². The summed E-state index contributed by atoms with van der Waals surface area (Å²) in [5, 5.41) is 30.8. The van der Waals surface area contributed by atoms with Crippen molar-refractivity contribution in [2.45, 2.75) is 111 Å². The molecular formula is C30H48O5. The van der Waals surface area contributed by atoms with Crippen LogP contribution in [0.15, 0.2) is 35.5 Å². The minimum Gasteiger partial charge on any atom is -0.465 e. The van der Waals surface area contributed by atoms with Crippen molar-refractivity contribution < 1.29 is 24.9 Å². The predicted octanol–water partition coefficient (Wildman–Crippen LogP) is 5.49. The second-order valence-electron chi connectivity index (χ2n) is 12.2. The smallest absolute Gasteiger partial charge is 0.314 e. The highest BCUT2D eigenvalue weighted by Crippen LogP contribution is 2.59. The molecule has 0 aliphatic heterocycles. The lowest BCUT2D eigenvalue weighted by Crippen LogP contribution is -2.38. The van der Waals surface area contributed by atoms with Gasteiger partial charge in [-0.2, -0.15) is 0 Å². The maximum atomic E-state index is 12.4. The first-order chi connectivity index (χ1) is 16.5. The van der Waals surface area contributed by atoms with Gasteiger partial charge in [-0.1, -0.05) is 56.2 Å². The number of esters is 1. The molecule has 3 rings (SSSR count). The number of allylic oxidation sites excluding steroid dienone is 4. The molecule has 0 amide bonds. The van der Waals surface area contributed by atoms with Crippen LogP contribution in [0, 0.1) is 28.6 Å². The fourth-order valence-corrected chi connectivity index (χ4v) is 6.83. The van der Waals surface area contributed by atoms with Gasteiger partial charge in [-0.15, -0.1) is 0 Å². The number of carbonyl (C=O) groups excluding carboxylic acids is 1. The molecule has 0 unspecified atom stereocenters. The Morgan fingerprint density at radius 2 is 1.86 bits per heavy atom. The zero-order valence-corrected chi connectivity index (χ0v) is 22.5. The molecule has 0 saturated heterocycles. The van der Waals surface area contributed by atoms with Gasteiger partial charge in [-0.3, -0.25) is 4.79 Å². The van der Waals surface area contributed by atoms with Crippen LogP contribution >= 0.6 is 0 Å². The molecule has 0 aromatic carbocycles. The van der Waals surface area contributed by atoms with E-state index in [1.807, 2.05) is 6.92 Å². The molecule has 3 aliphatic rings. The highest BCUT2D eigenvalue weighted by atomic mass is 16.5. The van der Waals surface area contributed by atoms with Crippen LogP contribution in [0.2, 0.25) is 0 Å². The van der Waals surface area contributed by atoms with E-state index in [0.717, 1.165) is 24.8 Å². The molecule has 0 heterocycles. The summed E-state index contributed by atoms with van der Waals surface area (Å²) in [6.45, 7) is 10.5. The molecule has 198 valence electrons. The topological polar surface area (TPSA) is 87.0 Å². The third-order valence-electron chi connectivity index (χ3n) is 9.05. The number of hydrogen-bond acceptors (Lipinski definition) is 5. The van der Waals surface area contributed by atoms with Gasteiger partial charge in [0.25, 0.3) is 0 Å². The number of aliphatic hydroxyl groups excluding tert-OH is 3. The van der Waals surface area contributed by atoms with Crippen LogP contribution in [0.5, 0.6) is 0 Å². The number of ether oxygens (including phenoxy) is 1. The van der Waals surface area contributed by atoms with E-state index in [2.05, 4.69) is 32.1 Å². The van der Waals surface area contributed by atoms with Crippen LogP contribution in [0.4, 0.5) is 0 Å². The minimum atomic E-state index is -0.970. The Labute approximate surface area is 212 Å². The van der Waals surface area contributed by atoms with Gasteiger partial charge in [0.15, 0.2) is 0 Å². The fraction of sp³-hybridized carbons (Fsp3) is 0.767. The summed E-state index contributed by atoms with van der Waals surface area (Å²) >= 11 is 0. The number of aliphatic hydroxyl groups is 3. The van der Waals surface area contributed by atoms with E-state index in [0.29, 0.717) is 43.6 Å². The number of hydrogen-bond donors (Lipinski definition) is 3. The van der Waals surface area contributed by atoms with E-state index >= 15 is 0 Å². The van der Waals surface area contributed by atoms with Gasteiger partial charge in [-0.05, 0) is 94.8 Å². The molecule has 3 fully saturated rings. The maximum Gasteiger partial charge on any atom is 0.314 e. The molecule has 3 saturated carbocycles. The SMILES string of the molecule is CCCOC(=O)C(C)(C)[C@@H](O)/C=C/[C@@H](C)[C@H]1CC[C@H]2/C(=C/C=C3C[C@@H](O)C[C@H](O)C3)CCC[C@]12C. The Kier molecular flexibility index (Phi) is 9.45. The van der Waals surface area contributed by atoms with E-state index in [9.17, 15) is 20.1 Å². The van der Waals surface area contributed by atoms with Crippen LogP contribution in [0.1, 0.15) is 92.4 Å². The Morgan fingerprint density at radius 3 is 2.51 bits per heavy atom. The Morgan fingerprint density at radius 1 is 1.17 bits per heavy atom. The first-order valence-electron chi connectivity index (χ1n) is 13.8. The summed E-state index contributed by atoms with van der Waals surface area (Å²) < 4.78 is 5.29. The van der Waals surface area contributed by atoms with Crippen molar-refractivity contribution >= 4 is 5.97 Å². The van der Waals surface area contributed by atoms with Gasteiger partial charge in [0.2, 0.25) is 0 Å². The zero-order valence-electron chi connectivity index (χ0n) is 22.5. The summed E-state index contributed by atoms with van der Waals surface area (Å²) in [6, 6.07) is 0. The van der Waals surface area contributed by atoms with E-state index in [-0.39, 0.29) is 11.4 Å². The standard InChI is InChI=1S/C30H48O5/c1-6-16-35-28(34)29(3,4)27(33)14-9-20(2)25-12-13-26-22(8-7-15-30(25,26)5)11-10-21-17-23(31)19-24(32)18-21/h9-11,14,20,23-27,31-33H,6-8,12-13,15-19H2,1-5H3/b14-9+,22-11+/t20-,23-,24-,25-,26+,27+,30-/m1/s1. The summed E-state index contributed by atoms with van der Waals surface area (Å²) in [4.78, 5) is 12.4. The summed E-state index contributed by atoms with van der Waals surface area (Å²) in [7, 11) is 0. The average Bonchev–Trinajstić information content (AvgIpc) is 3.16. The van der Waals surface area contributed by atoms with E-state index in [4.69, 9.17) is 4.74 Å². The maximum absolute atomic E-state index is 12.4. The molecule has 0 aromatic heterocycles. The lowest BCUT2D eigenvalue weighted by molar-refractivity contribution is -0.158. The molecule has 0 spiro atoms. The predicted molar refractivity (Wildman–Crippen MR) is 140 cm³/mol. The molecule has 35 heavy (non-hydrogen) atoms. The monoisotopic (exact) mass is 488 g/mol. The molecule has 5 nitrogen and oxygen atoms in total. The molecule has 0 aromatic rings. The van der Waals surface area contributed by atoms with Gasteiger partial charge in [0, 0.05) is 0 Å². The molecule has 3 N–H and O–H groups in total. The fourth-order valence-electron chi connectivity index (χ4n) is 6.83. The van der Waals surface area contributed by atoms with Gasteiger partial charge in [0.1, 0.15) is 0 Å². The van der Waals surface area contributed by atoms with Crippen molar-refractivity contribution in [2.24, 2.45) is 28.6 Å². The van der Waals surface area contributed by atoms with Gasteiger partial charge in [-0.25, -0.2) is 0 Å². The third kappa shape index (κ3) is 6.47. The average molecular weight is 489 g/mol. The van der Waals surface area contributed by atoms with Gasteiger partial charge in [0.05, 0.1) is 30.3 Å². The van der Waals surface area contributed by atoms with Crippen LogP contribution in [-0.2, 0) is 9.53 Å². The van der Waals surface area contributed by atoms with Crippen LogP contribution < -0.4 is 0 Å². The zero-order chi connectivity index (χ0) is 25.8. The van der Waals surface area contributed by atoms with Crippen LogP contribution in [0.3, 0.4) is 0 Å². The lowest BCUT2D eigenvalue weighted by atomic mass is 9.61. The van der Waals surface area contributed by atoms with E-state index < -0.39 is 23.7 Å². The Balaban J connectivity index is 1.68.